The number of rotatable bonds is 5. The molecule has 1 saturated carbocycles. The molecule has 2 rings (SSSR count). The van der Waals surface area contributed by atoms with E-state index in [0.29, 0.717) is 5.92 Å². The SMILES string of the molecule is CN(CC1CCCCC1)C(=O)COc1ccccc1I. The Hall–Kier alpha value is -0.780. The van der Waals surface area contributed by atoms with E-state index in [1.54, 1.807) is 0 Å². The van der Waals surface area contributed by atoms with Crippen molar-refractivity contribution in [1.29, 1.82) is 0 Å². The minimum Gasteiger partial charge on any atom is -0.483 e. The fraction of sp³-hybridized carbons (Fsp3) is 0.562. The molecule has 0 saturated heterocycles. The average Bonchev–Trinajstić information content (AvgIpc) is 2.47. The lowest BCUT2D eigenvalue weighted by atomic mass is 9.89. The van der Waals surface area contributed by atoms with Crippen LogP contribution in [0.4, 0.5) is 0 Å². The smallest absolute Gasteiger partial charge is 0.260 e. The molecule has 0 atom stereocenters. The number of amides is 1. The summed E-state index contributed by atoms with van der Waals surface area (Å²) in [4.78, 5) is 13.9. The van der Waals surface area contributed by atoms with Crippen LogP contribution < -0.4 is 4.74 Å². The number of benzene rings is 1. The fourth-order valence-corrected chi connectivity index (χ4v) is 3.21. The van der Waals surface area contributed by atoms with Gasteiger partial charge in [0.25, 0.3) is 5.91 Å². The van der Waals surface area contributed by atoms with Gasteiger partial charge in [-0.1, -0.05) is 31.4 Å². The zero-order valence-electron chi connectivity index (χ0n) is 12.0. The minimum atomic E-state index is 0.0650. The third-order valence-corrected chi connectivity index (χ3v) is 4.76. The largest absolute Gasteiger partial charge is 0.483 e. The van der Waals surface area contributed by atoms with E-state index in [9.17, 15) is 4.79 Å². The topological polar surface area (TPSA) is 29.5 Å². The molecule has 0 N–H and O–H groups in total. The highest BCUT2D eigenvalue weighted by molar-refractivity contribution is 14.1. The van der Waals surface area contributed by atoms with Crippen molar-refractivity contribution in [2.75, 3.05) is 20.2 Å². The summed E-state index contributed by atoms with van der Waals surface area (Å²) in [5, 5.41) is 0. The number of hydrogen-bond donors (Lipinski definition) is 0. The highest BCUT2D eigenvalue weighted by Crippen LogP contribution is 2.24. The summed E-state index contributed by atoms with van der Waals surface area (Å²) in [7, 11) is 1.89. The number of likely N-dealkylation sites (N-methyl/N-ethyl adjacent to an activating group) is 1. The Labute approximate surface area is 134 Å². The monoisotopic (exact) mass is 387 g/mol. The Morgan fingerprint density at radius 2 is 2.00 bits per heavy atom. The van der Waals surface area contributed by atoms with E-state index in [4.69, 9.17) is 4.74 Å². The number of nitrogens with zero attached hydrogens (tertiary/aromatic N) is 1. The maximum atomic E-state index is 12.1. The van der Waals surface area contributed by atoms with Crippen LogP contribution in [-0.4, -0.2) is 31.0 Å². The molecule has 1 aliphatic rings. The van der Waals surface area contributed by atoms with E-state index in [0.717, 1.165) is 15.9 Å². The molecule has 0 heterocycles. The lowest BCUT2D eigenvalue weighted by Gasteiger charge is -2.27. The summed E-state index contributed by atoms with van der Waals surface area (Å²) in [6, 6.07) is 7.77. The van der Waals surface area contributed by atoms with Crippen molar-refractivity contribution in [3.05, 3.63) is 27.8 Å². The van der Waals surface area contributed by atoms with Crippen LogP contribution in [0.2, 0.25) is 0 Å². The van der Waals surface area contributed by atoms with Gasteiger partial charge in [0.15, 0.2) is 6.61 Å². The van der Waals surface area contributed by atoms with Gasteiger partial charge in [-0.15, -0.1) is 0 Å². The maximum absolute atomic E-state index is 12.1. The Morgan fingerprint density at radius 1 is 1.30 bits per heavy atom. The van der Waals surface area contributed by atoms with E-state index in [1.165, 1.54) is 32.1 Å². The van der Waals surface area contributed by atoms with Gasteiger partial charge in [0, 0.05) is 13.6 Å². The zero-order chi connectivity index (χ0) is 14.4. The maximum Gasteiger partial charge on any atom is 0.260 e. The molecule has 1 aliphatic carbocycles. The molecule has 4 heteroatoms. The number of ether oxygens (including phenoxy) is 1. The van der Waals surface area contributed by atoms with Crippen molar-refractivity contribution in [2.45, 2.75) is 32.1 Å². The van der Waals surface area contributed by atoms with Crippen LogP contribution in [0, 0.1) is 9.49 Å². The molecule has 110 valence electrons. The second-order valence-corrected chi connectivity index (χ2v) is 6.66. The summed E-state index contributed by atoms with van der Waals surface area (Å²) in [5.74, 6) is 1.53. The summed E-state index contributed by atoms with van der Waals surface area (Å²) in [5.41, 5.74) is 0. The first-order valence-corrected chi connectivity index (χ1v) is 8.36. The molecule has 0 radical (unpaired) electrons. The van der Waals surface area contributed by atoms with Gasteiger partial charge in [0.2, 0.25) is 0 Å². The third kappa shape index (κ3) is 4.65. The van der Waals surface area contributed by atoms with Crippen LogP contribution in [0.15, 0.2) is 24.3 Å². The predicted molar refractivity (Wildman–Crippen MR) is 88.9 cm³/mol. The van der Waals surface area contributed by atoms with Gasteiger partial charge in [0.1, 0.15) is 5.75 Å². The Balaban J connectivity index is 1.77. The number of carbonyl (C=O) groups is 1. The molecule has 0 spiro atoms. The van der Waals surface area contributed by atoms with E-state index in [2.05, 4.69) is 22.6 Å². The van der Waals surface area contributed by atoms with Crippen LogP contribution >= 0.6 is 22.6 Å². The van der Waals surface area contributed by atoms with E-state index < -0.39 is 0 Å². The molecule has 1 amide bonds. The highest BCUT2D eigenvalue weighted by atomic mass is 127. The molecule has 3 nitrogen and oxygen atoms in total. The van der Waals surface area contributed by atoms with Crippen molar-refractivity contribution in [3.8, 4) is 5.75 Å². The fourth-order valence-electron chi connectivity index (χ4n) is 2.67. The van der Waals surface area contributed by atoms with Gasteiger partial charge in [-0.3, -0.25) is 4.79 Å². The van der Waals surface area contributed by atoms with Crippen LogP contribution in [0.3, 0.4) is 0 Å². The third-order valence-electron chi connectivity index (χ3n) is 3.87. The molecule has 0 unspecified atom stereocenters. The first kappa shape index (κ1) is 15.6. The van der Waals surface area contributed by atoms with Crippen molar-refractivity contribution in [2.24, 2.45) is 5.92 Å². The predicted octanol–water partition coefficient (Wildman–Crippen LogP) is 3.71. The van der Waals surface area contributed by atoms with Gasteiger partial charge in [-0.25, -0.2) is 0 Å². The first-order chi connectivity index (χ1) is 9.66. The summed E-state index contributed by atoms with van der Waals surface area (Å²) >= 11 is 2.22. The quantitative estimate of drug-likeness (QED) is 0.721. The number of hydrogen-bond acceptors (Lipinski definition) is 2. The van der Waals surface area contributed by atoms with E-state index in [-0.39, 0.29) is 12.5 Å². The van der Waals surface area contributed by atoms with Crippen molar-refractivity contribution in [3.63, 3.8) is 0 Å². The van der Waals surface area contributed by atoms with Crippen LogP contribution in [-0.2, 0) is 4.79 Å². The first-order valence-electron chi connectivity index (χ1n) is 7.28. The lowest BCUT2D eigenvalue weighted by Crippen LogP contribution is -2.35. The second-order valence-electron chi connectivity index (χ2n) is 5.50. The Kier molecular flexibility index (Phi) is 6.13. The normalized spacial score (nSPS) is 15.9. The van der Waals surface area contributed by atoms with Gasteiger partial charge in [-0.2, -0.15) is 0 Å². The van der Waals surface area contributed by atoms with Gasteiger partial charge >= 0.3 is 0 Å². The molecule has 0 bridgehead atoms. The highest BCUT2D eigenvalue weighted by Gasteiger charge is 2.18. The Bertz CT molecular complexity index is 444. The van der Waals surface area contributed by atoms with E-state index in [1.807, 2.05) is 36.2 Å². The van der Waals surface area contributed by atoms with Crippen LogP contribution in [0.5, 0.6) is 5.75 Å². The minimum absolute atomic E-state index is 0.0650. The van der Waals surface area contributed by atoms with Crippen molar-refractivity contribution in [1.82, 2.24) is 4.90 Å². The van der Waals surface area contributed by atoms with Gasteiger partial charge in [0.05, 0.1) is 3.57 Å². The molecule has 1 fully saturated rings. The number of para-hydroxylation sites is 1. The van der Waals surface area contributed by atoms with E-state index >= 15 is 0 Å². The van der Waals surface area contributed by atoms with Gasteiger partial charge < -0.3 is 9.64 Å². The average molecular weight is 387 g/mol. The Morgan fingerprint density at radius 3 is 2.70 bits per heavy atom. The lowest BCUT2D eigenvalue weighted by molar-refractivity contribution is -0.132. The number of carbonyl (C=O) groups excluding carboxylic acids is 1. The van der Waals surface area contributed by atoms with Crippen LogP contribution in [0.25, 0.3) is 0 Å². The molecule has 0 aliphatic heterocycles. The molecular weight excluding hydrogens is 365 g/mol. The molecule has 0 aromatic heterocycles. The standard InChI is InChI=1S/C16H22INO2/c1-18(11-13-7-3-2-4-8-13)16(19)12-20-15-10-6-5-9-14(15)17/h5-6,9-10,13H,2-4,7-8,11-12H2,1H3. The zero-order valence-corrected chi connectivity index (χ0v) is 14.1. The molecule has 1 aromatic carbocycles. The van der Waals surface area contributed by atoms with Gasteiger partial charge in [-0.05, 0) is 53.5 Å². The molecular formula is C16H22INO2. The van der Waals surface area contributed by atoms with Crippen molar-refractivity contribution >= 4 is 28.5 Å². The number of halogens is 1. The van der Waals surface area contributed by atoms with Crippen LogP contribution in [0.1, 0.15) is 32.1 Å². The summed E-state index contributed by atoms with van der Waals surface area (Å²) < 4.78 is 6.65. The molecule has 20 heavy (non-hydrogen) atoms. The second kappa shape index (κ2) is 7.86. The molecule has 1 aromatic rings. The van der Waals surface area contributed by atoms with Crippen molar-refractivity contribution < 1.29 is 9.53 Å². The summed E-state index contributed by atoms with van der Waals surface area (Å²) in [6.07, 6.45) is 6.49. The summed E-state index contributed by atoms with van der Waals surface area (Å²) in [6.45, 7) is 0.997.